The molecule has 0 bridgehead atoms. The molecule has 49 heavy (non-hydrogen) atoms. The van der Waals surface area contributed by atoms with Crippen molar-refractivity contribution in [3.63, 3.8) is 0 Å². The van der Waals surface area contributed by atoms with Gasteiger partial charge in [-0.15, -0.1) is 0 Å². The number of para-hydroxylation sites is 3. The lowest BCUT2D eigenvalue weighted by atomic mass is 9.98. The Hall–Kier alpha value is -6.65. The summed E-state index contributed by atoms with van der Waals surface area (Å²) < 4.78 is 9.06. The van der Waals surface area contributed by atoms with E-state index in [-0.39, 0.29) is 0 Å². The zero-order chi connectivity index (χ0) is 32.7. The molecule has 0 spiro atoms. The SMILES string of the molecule is N=C(C=C(Nc1cccc(-c2cccc3oc4c(-n5c6ccccc6c6ccccc65)cccc4c23)c1)c1ccccc1)c1ccccc1. The monoisotopic (exact) mass is 629 g/mol. The molecule has 9 rings (SSSR count). The van der Waals surface area contributed by atoms with Crippen LogP contribution in [0.2, 0.25) is 0 Å². The van der Waals surface area contributed by atoms with Gasteiger partial charge < -0.3 is 19.7 Å². The fourth-order valence-corrected chi connectivity index (χ4v) is 7.01. The quantitative estimate of drug-likeness (QED) is 0.172. The highest BCUT2D eigenvalue weighted by Gasteiger charge is 2.19. The molecule has 0 radical (unpaired) electrons. The highest BCUT2D eigenvalue weighted by atomic mass is 16.3. The highest BCUT2D eigenvalue weighted by molar-refractivity contribution is 6.16. The van der Waals surface area contributed by atoms with Crippen molar-refractivity contribution in [1.82, 2.24) is 4.57 Å². The molecule has 0 aliphatic heterocycles. The molecular formula is C45H31N3O. The van der Waals surface area contributed by atoms with Gasteiger partial charge >= 0.3 is 0 Å². The average molecular weight is 630 g/mol. The third-order valence-corrected chi connectivity index (χ3v) is 9.23. The molecular weight excluding hydrogens is 599 g/mol. The van der Waals surface area contributed by atoms with E-state index in [0.717, 1.165) is 72.3 Å². The van der Waals surface area contributed by atoms with Gasteiger partial charge in [0.1, 0.15) is 5.58 Å². The summed E-state index contributed by atoms with van der Waals surface area (Å²) in [7, 11) is 0. The van der Waals surface area contributed by atoms with Gasteiger partial charge in [0.15, 0.2) is 5.58 Å². The number of nitrogens with one attached hydrogen (secondary N) is 2. The average Bonchev–Trinajstić information content (AvgIpc) is 3.72. The van der Waals surface area contributed by atoms with Crippen LogP contribution in [0.3, 0.4) is 0 Å². The number of allylic oxidation sites excluding steroid dienone is 1. The zero-order valence-corrected chi connectivity index (χ0v) is 26.6. The van der Waals surface area contributed by atoms with Gasteiger partial charge in [-0.25, -0.2) is 0 Å². The number of rotatable bonds is 7. The summed E-state index contributed by atoms with van der Waals surface area (Å²) >= 11 is 0. The summed E-state index contributed by atoms with van der Waals surface area (Å²) in [5.74, 6) is 0. The number of hydrogen-bond donors (Lipinski definition) is 2. The number of aromatic nitrogens is 1. The van der Waals surface area contributed by atoms with E-state index < -0.39 is 0 Å². The minimum absolute atomic E-state index is 0.441. The molecule has 2 heterocycles. The highest BCUT2D eigenvalue weighted by Crippen LogP contribution is 2.41. The molecule has 0 saturated carbocycles. The van der Waals surface area contributed by atoms with Crippen molar-refractivity contribution in [2.45, 2.75) is 0 Å². The summed E-state index contributed by atoms with van der Waals surface area (Å²) in [4.78, 5) is 0. The van der Waals surface area contributed by atoms with Crippen molar-refractivity contribution in [3.05, 3.63) is 187 Å². The summed E-state index contributed by atoms with van der Waals surface area (Å²) in [6, 6.07) is 58.3. The van der Waals surface area contributed by atoms with Crippen LogP contribution in [-0.2, 0) is 0 Å². The Labute approximate surface area is 283 Å². The third kappa shape index (κ3) is 4.98. The van der Waals surface area contributed by atoms with Gasteiger partial charge in [-0.1, -0.05) is 133 Å². The van der Waals surface area contributed by atoms with Gasteiger partial charge in [-0.05, 0) is 64.7 Å². The molecule has 0 unspecified atom stereocenters. The maximum Gasteiger partial charge on any atom is 0.159 e. The van der Waals surface area contributed by atoms with Crippen LogP contribution in [0.4, 0.5) is 5.69 Å². The second kappa shape index (κ2) is 11.9. The molecule has 0 atom stereocenters. The van der Waals surface area contributed by atoms with E-state index in [2.05, 4.69) is 131 Å². The number of hydrogen-bond acceptors (Lipinski definition) is 3. The molecule has 0 saturated heterocycles. The van der Waals surface area contributed by atoms with Crippen LogP contribution in [-0.4, -0.2) is 10.3 Å². The lowest BCUT2D eigenvalue weighted by Crippen LogP contribution is -2.03. The van der Waals surface area contributed by atoms with E-state index in [4.69, 9.17) is 9.83 Å². The Morgan fingerprint density at radius 3 is 1.92 bits per heavy atom. The number of nitrogens with zero attached hydrogens (tertiary/aromatic N) is 1. The molecule has 0 amide bonds. The van der Waals surface area contributed by atoms with Crippen LogP contribution in [0, 0.1) is 5.41 Å². The van der Waals surface area contributed by atoms with E-state index in [1.165, 1.54) is 10.8 Å². The smallest absolute Gasteiger partial charge is 0.159 e. The fourth-order valence-electron chi connectivity index (χ4n) is 7.01. The van der Waals surface area contributed by atoms with E-state index >= 15 is 0 Å². The van der Waals surface area contributed by atoms with E-state index in [1.807, 2.05) is 54.6 Å². The van der Waals surface area contributed by atoms with Crippen LogP contribution >= 0.6 is 0 Å². The van der Waals surface area contributed by atoms with Crippen LogP contribution in [0.25, 0.3) is 66.3 Å². The number of benzene rings is 7. The van der Waals surface area contributed by atoms with Crippen molar-refractivity contribution in [2.24, 2.45) is 0 Å². The third-order valence-electron chi connectivity index (χ3n) is 9.23. The Morgan fingerprint density at radius 1 is 0.571 bits per heavy atom. The fraction of sp³-hybridized carbons (Fsp3) is 0. The maximum absolute atomic E-state index is 8.83. The summed E-state index contributed by atoms with van der Waals surface area (Å²) in [5.41, 5.74) is 11.3. The number of fused-ring (bicyclic) bond motifs is 6. The summed E-state index contributed by atoms with van der Waals surface area (Å²) in [6.07, 6.45) is 1.90. The molecule has 232 valence electrons. The second-order valence-corrected chi connectivity index (χ2v) is 12.2. The maximum atomic E-state index is 8.83. The van der Waals surface area contributed by atoms with E-state index in [1.54, 1.807) is 0 Å². The van der Waals surface area contributed by atoms with E-state index in [0.29, 0.717) is 5.71 Å². The normalized spacial score (nSPS) is 11.9. The topological polar surface area (TPSA) is 54.0 Å². The molecule has 4 heteroatoms. The molecule has 2 aromatic heterocycles. The first kappa shape index (κ1) is 28.6. The number of furan rings is 1. The van der Waals surface area contributed by atoms with E-state index in [9.17, 15) is 0 Å². The van der Waals surface area contributed by atoms with Crippen molar-refractivity contribution in [2.75, 3.05) is 5.32 Å². The molecule has 0 fully saturated rings. The lowest BCUT2D eigenvalue weighted by Gasteiger charge is -2.14. The van der Waals surface area contributed by atoms with Gasteiger partial charge in [0.05, 0.1) is 22.4 Å². The van der Waals surface area contributed by atoms with Gasteiger partial charge in [-0.2, -0.15) is 0 Å². The molecule has 9 aromatic rings. The van der Waals surface area contributed by atoms with Gasteiger partial charge in [0.2, 0.25) is 0 Å². The first-order chi connectivity index (χ1) is 24.2. The molecule has 0 aliphatic carbocycles. The molecule has 7 aromatic carbocycles. The van der Waals surface area contributed by atoms with Gasteiger partial charge in [0, 0.05) is 32.9 Å². The van der Waals surface area contributed by atoms with Crippen molar-refractivity contribution >= 4 is 60.8 Å². The number of anilines is 1. The van der Waals surface area contributed by atoms with Crippen LogP contribution in [0.1, 0.15) is 11.1 Å². The van der Waals surface area contributed by atoms with Crippen molar-refractivity contribution < 1.29 is 4.42 Å². The molecule has 2 N–H and O–H groups in total. The van der Waals surface area contributed by atoms with Crippen molar-refractivity contribution in [1.29, 1.82) is 5.41 Å². The minimum atomic E-state index is 0.441. The first-order valence-electron chi connectivity index (χ1n) is 16.4. The lowest BCUT2D eigenvalue weighted by molar-refractivity contribution is 0.666. The summed E-state index contributed by atoms with van der Waals surface area (Å²) in [5, 5.41) is 17.1. The second-order valence-electron chi connectivity index (χ2n) is 12.2. The Bertz CT molecular complexity index is 2650. The standard InChI is InChI=1S/C45H31N3O/c46-38(30-14-3-1-4-15-30)29-39(31-16-5-2-6-17-31)47-33-19-11-18-32(28-33)34-22-13-27-43-44(34)37-23-12-26-42(45(37)49-43)48-40-24-9-7-20-35(40)36-21-8-10-25-41(36)48/h1-29,46-47H. The van der Waals surface area contributed by atoms with Crippen LogP contribution < -0.4 is 5.32 Å². The molecule has 0 aliphatic rings. The van der Waals surface area contributed by atoms with Crippen molar-refractivity contribution in [3.8, 4) is 16.8 Å². The first-order valence-corrected chi connectivity index (χ1v) is 16.4. The largest absolute Gasteiger partial charge is 0.454 e. The zero-order valence-electron chi connectivity index (χ0n) is 26.6. The van der Waals surface area contributed by atoms with Crippen LogP contribution in [0.15, 0.2) is 180 Å². The Morgan fingerprint density at radius 2 is 1.18 bits per heavy atom. The predicted octanol–water partition coefficient (Wildman–Crippen LogP) is 11.9. The Kier molecular flexibility index (Phi) is 6.91. The Balaban J connectivity index is 1.16. The van der Waals surface area contributed by atoms with Crippen LogP contribution in [0.5, 0.6) is 0 Å². The van der Waals surface area contributed by atoms with Gasteiger partial charge in [-0.3, -0.25) is 0 Å². The van der Waals surface area contributed by atoms with Gasteiger partial charge in [0.25, 0.3) is 0 Å². The molecule has 4 nitrogen and oxygen atoms in total. The minimum Gasteiger partial charge on any atom is -0.454 e. The summed E-state index contributed by atoms with van der Waals surface area (Å²) in [6.45, 7) is 0. The predicted molar refractivity (Wildman–Crippen MR) is 205 cm³/mol.